The Morgan fingerprint density at radius 3 is 2.45 bits per heavy atom. The molecule has 3 rings (SSSR count). The van der Waals surface area contributed by atoms with E-state index >= 15 is 0 Å². The standard InChI is InChI=1S/C18H14Br2/c1-12-9-14(11-15(19)10-12)18(20)17-8-4-6-13-5-2-3-7-16(13)17/h2-11,18H,1H3. The Morgan fingerprint density at radius 1 is 0.900 bits per heavy atom. The van der Waals surface area contributed by atoms with E-state index in [0.29, 0.717) is 0 Å². The van der Waals surface area contributed by atoms with Gasteiger partial charge in [-0.25, -0.2) is 0 Å². The van der Waals surface area contributed by atoms with Crippen LogP contribution in [0.4, 0.5) is 0 Å². The minimum atomic E-state index is 0.199. The second kappa shape index (κ2) is 5.71. The third-order valence-corrected chi connectivity index (χ3v) is 4.93. The maximum absolute atomic E-state index is 3.86. The van der Waals surface area contributed by atoms with Gasteiger partial charge >= 0.3 is 0 Å². The zero-order valence-electron chi connectivity index (χ0n) is 11.1. The van der Waals surface area contributed by atoms with Crippen molar-refractivity contribution in [2.75, 3.05) is 0 Å². The smallest absolute Gasteiger partial charge is 0.0651 e. The van der Waals surface area contributed by atoms with Gasteiger partial charge in [0.2, 0.25) is 0 Å². The van der Waals surface area contributed by atoms with Crippen LogP contribution in [0.1, 0.15) is 21.5 Å². The summed E-state index contributed by atoms with van der Waals surface area (Å²) in [4.78, 5) is 0.199. The number of hydrogen-bond donors (Lipinski definition) is 0. The first-order valence-corrected chi connectivity index (χ1v) is 8.25. The SMILES string of the molecule is Cc1cc(Br)cc(C(Br)c2cccc3ccccc23)c1. The summed E-state index contributed by atoms with van der Waals surface area (Å²) in [6.07, 6.45) is 0. The molecule has 0 radical (unpaired) electrons. The van der Waals surface area contributed by atoms with Gasteiger partial charge < -0.3 is 0 Å². The van der Waals surface area contributed by atoms with Crippen molar-refractivity contribution in [3.05, 3.63) is 81.8 Å². The van der Waals surface area contributed by atoms with Crippen molar-refractivity contribution in [3.63, 3.8) is 0 Å². The highest BCUT2D eigenvalue weighted by Gasteiger charge is 2.14. The first kappa shape index (κ1) is 13.8. The average molecular weight is 390 g/mol. The summed E-state index contributed by atoms with van der Waals surface area (Å²) >= 11 is 7.45. The molecular weight excluding hydrogens is 376 g/mol. The van der Waals surface area contributed by atoms with Gasteiger partial charge in [0.05, 0.1) is 4.83 Å². The van der Waals surface area contributed by atoms with Gasteiger partial charge in [-0.15, -0.1) is 0 Å². The summed E-state index contributed by atoms with van der Waals surface area (Å²) in [5.74, 6) is 0. The molecule has 0 saturated carbocycles. The molecule has 3 aromatic carbocycles. The van der Waals surface area contributed by atoms with Crippen LogP contribution in [0.3, 0.4) is 0 Å². The van der Waals surface area contributed by atoms with E-state index in [2.05, 4.69) is 99.4 Å². The lowest BCUT2D eigenvalue weighted by molar-refractivity contribution is 1.18. The van der Waals surface area contributed by atoms with Gasteiger partial charge in [0.15, 0.2) is 0 Å². The first-order valence-electron chi connectivity index (χ1n) is 6.54. The van der Waals surface area contributed by atoms with Gasteiger partial charge in [0.25, 0.3) is 0 Å². The zero-order valence-corrected chi connectivity index (χ0v) is 14.3. The van der Waals surface area contributed by atoms with Gasteiger partial charge in [-0.05, 0) is 46.5 Å². The molecule has 0 saturated heterocycles. The van der Waals surface area contributed by atoms with Crippen LogP contribution in [0.2, 0.25) is 0 Å². The summed E-state index contributed by atoms with van der Waals surface area (Å²) in [7, 11) is 0. The van der Waals surface area contributed by atoms with Crippen molar-refractivity contribution in [2.45, 2.75) is 11.8 Å². The molecule has 20 heavy (non-hydrogen) atoms. The van der Waals surface area contributed by atoms with E-state index in [9.17, 15) is 0 Å². The van der Waals surface area contributed by atoms with E-state index in [4.69, 9.17) is 0 Å². The molecule has 0 aromatic heterocycles. The normalized spacial score (nSPS) is 12.6. The molecule has 1 unspecified atom stereocenters. The molecule has 0 aliphatic carbocycles. The van der Waals surface area contributed by atoms with Gasteiger partial charge in [-0.3, -0.25) is 0 Å². The predicted molar refractivity (Wildman–Crippen MR) is 93.6 cm³/mol. The highest BCUT2D eigenvalue weighted by molar-refractivity contribution is 9.10. The molecule has 0 spiro atoms. The Kier molecular flexibility index (Phi) is 3.95. The fourth-order valence-electron chi connectivity index (χ4n) is 2.56. The molecule has 1 atom stereocenters. The number of alkyl halides is 1. The molecule has 0 N–H and O–H groups in total. The van der Waals surface area contributed by atoms with Crippen molar-refractivity contribution >= 4 is 42.6 Å². The number of halogens is 2. The van der Waals surface area contributed by atoms with Crippen molar-refractivity contribution in [3.8, 4) is 0 Å². The zero-order chi connectivity index (χ0) is 14.1. The van der Waals surface area contributed by atoms with E-state index in [1.54, 1.807) is 0 Å². The minimum Gasteiger partial charge on any atom is -0.0786 e. The van der Waals surface area contributed by atoms with Gasteiger partial charge in [-0.2, -0.15) is 0 Å². The van der Waals surface area contributed by atoms with E-state index in [0.717, 1.165) is 4.47 Å². The van der Waals surface area contributed by atoms with Gasteiger partial charge in [0, 0.05) is 4.47 Å². The van der Waals surface area contributed by atoms with Crippen LogP contribution in [0.5, 0.6) is 0 Å². The third kappa shape index (κ3) is 2.68. The Hall–Kier alpha value is -1.12. The summed E-state index contributed by atoms with van der Waals surface area (Å²) in [5.41, 5.74) is 3.84. The van der Waals surface area contributed by atoms with Gasteiger partial charge in [-0.1, -0.05) is 80.4 Å². The van der Waals surface area contributed by atoms with E-state index in [1.807, 2.05) is 0 Å². The molecule has 0 fully saturated rings. The molecule has 0 aliphatic heterocycles. The lowest BCUT2D eigenvalue weighted by atomic mass is 9.97. The third-order valence-electron chi connectivity index (χ3n) is 3.45. The number of benzene rings is 3. The van der Waals surface area contributed by atoms with Crippen molar-refractivity contribution in [1.29, 1.82) is 0 Å². The number of fused-ring (bicyclic) bond motifs is 1. The fourth-order valence-corrected chi connectivity index (χ4v) is 3.85. The molecule has 2 heteroatoms. The summed E-state index contributed by atoms with van der Waals surface area (Å²) in [6, 6.07) is 21.5. The van der Waals surface area contributed by atoms with Crippen LogP contribution >= 0.6 is 31.9 Å². The molecule has 0 heterocycles. The van der Waals surface area contributed by atoms with Crippen LogP contribution in [0.25, 0.3) is 10.8 Å². The number of rotatable bonds is 2. The highest BCUT2D eigenvalue weighted by atomic mass is 79.9. The first-order chi connectivity index (χ1) is 9.65. The van der Waals surface area contributed by atoms with Gasteiger partial charge in [0.1, 0.15) is 0 Å². The fraction of sp³-hybridized carbons (Fsp3) is 0.111. The molecular formula is C18H14Br2. The van der Waals surface area contributed by atoms with Crippen LogP contribution in [0, 0.1) is 6.92 Å². The second-order valence-corrected chi connectivity index (χ2v) is 6.82. The topological polar surface area (TPSA) is 0 Å². The van der Waals surface area contributed by atoms with Crippen LogP contribution in [0.15, 0.2) is 65.1 Å². The van der Waals surface area contributed by atoms with Crippen LogP contribution < -0.4 is 0 Å². The highest BCUT2D eigenvalue weighted by Crippen LogP contribution is 2.36. The average Bonchev–Trinajstić information content (AvgIpc) is 2.45. The van der Waals surface area contributed by atoms with Crippen molar-refractivity contribution in [1.82, 2.24) is 0 Å². The predicted octanol–water partition coefficient (Wildman–Crippen LogP) is 6.40. The summed E-state index contributed by atoms with van der Waals surface area (Å²) in [6.45, 7) is 2.12. The Morgan fingerprint density at radius 2 is 1.65 bits per heavy atom. The van der Waals surface area contributed by atoms with E-state index < -0.39 is 0 Å². The van der Waals surface area contributed by atoms with Crippen molar-refractivity contribution in [2.24, 2.45) is 0 Å². The quantitative estimate of drug-likeness (QED) is 0.445. The molecule has 100 valence electrons. The van der Waals surface area contributed by atoms with Crippen LogP contribution in [-0.2, 0) is 0 Å². The van der Waals surface area contributed by atoms with Crippen LogP contribution in [-0.4, -0.2) is 0 Å². The number of hydrogen-bond acceptors (Lipinski definition) is 0. The van der Waals surface area contributed by atoms with E-state index in [1.165, 1.54) is 27.5 Å². The lowest BCUT2D eigenvalue weighted by Crippen LogP contribution is -1.95. The molecule has 0 amide bonds. The molecule has 0 aliphatic rings. The summed E-state index contributed by atoms with van der Waals surface area (Å²) < 4.78 is 1.12. The maximum atomic E-state index is 3.86. The van der Waals surface area contributed by atoms with Crippen molar-refractivity contribution < 1.29 is 0 Å². The minimum absolute atomic E-state index is 0.199. The lowest BCUT2D eigenvalue weighted by Gasteiger charge is -2.15. The van der Waals surface area contributed by atoms with E-state index in [-0.39, 0.29) is 4.83 Å². The molecule has 0 bridgehead atoms. The second-order valence-electron chi connectivity index (χ2n) is 4.99. The maximum Gasteiger partial charge on any atom is 0.0651 e. The Balaban J connectivity index is 2.15. The largest absolute Gasteiger partial charge is 0.0786 e. The monoisotopic (exact) mass is 388 g/mol. The Labute approximate surface area is 136 Å². The molecule has 3 aromatic rings. The Bertz CT molecular complexity index is 737. The summed E-state index contributed by atoms with van der Waals surface area (Å²) in [5, 5.41) is 2.58. The molecule has 0 nitrogen and oxygen atoms in total. The number of aryl methyl sites for hydroxylation is 1.